The summed E-state index contributed by atoms with van der Waals surface area (Å²) in [6.45, 7) is 2.47. The summed E-state index contributed by atoms with van der Waals surface area (Å²) >= 11 is 0. The van der Waals surface area contributed by atoms with Crippen LogP contribution < -0.4 is 5.32 Å². The van der Waals surface area contributed by atoms with Gasteiger partial charge in [0, 0.05) is 13.2 Å². The average molecular weight is 253 g/mol. The van der Waals surface area contributed by atoms with Gasteiger partial charge in [0.2, 0.25) is 0 Å². The molecule has 0 heterocycles. The first-order chi connectivity index (χ1) is 8.74. The Morgan fingerprint density at radius 1 is 1.33 bits per heavy atom. The summed E-state index contributed by atoms with van der Waals surface area (Å²) in [5, 5.41) is 20.6. The minimum atomic E-state index is -0.908. The molecule has 1 rings (SSSR count). The van der Waals surface area contributed by atoms with E-state index in [-0.39, 0.29) is 6.61 Å². The van der Waals surface area contributed by atoms with Crippen LogP contribution in [0.4, 0.5) is 0 Å². The van der Waals surface area contributed by atoms with Gasteiger partial charge in [0.25, 0.3) is 0 Å². The number of aromatic carboxylic acids is 1. The van der Waals surface area contributed by atoms with Crippen molar-refractivity contribution in [3.8, 4) is 0 Å². The number of hydrogen-bond donors (Lipinski definition) is 3. The van der Waals surface area contributed by atoms with Crippen molar-refractivity contribution in [1.82, 2.24) is 5.32 Å². The first kappa shape index (κ1) is 14.6. The zero-order valence-corrected chi connectivity index (χ0v) is 10.3. The second-order valence-electron chi connectivity index (χ2n) is 3.87. The number of aliphatic hydroxyl groups excluding tert-OH is 1. The Balaban J connectivity index is 2.19. The van der Waals surface area contributed by atoms with E-state index < -0.39 is 5.97 Å². The first-order valence-corrected chi connectivity index (χ1v) is 5.95. The molecular weight excluding hydrogens is 234 g/mol. The van der Waals surface area contributed by atoms with Crippen LogP contribution in [0.2, 0.25) is 0 Å². The third-order valence-corrected chi connectivity index (χ3v) is 2.38. The Kier molecular flexibility index (Phi) is 7.01. The van der Waals surface area contributed by atoms with Crippen molar-refractivity contribution in [3.05, 3.63) is 35.4 Å². The van der Waals surface area contributed by atoms with E-state index in [0.717, 1.165) is 18.5 Å². The molecule has 0 saturated heterocycles. The van der Waals surface area contributed by atoms with Crippen molar-refractivity contribution in [2.24, 2.45) is 0 Å². The van der Waals surface area contributed by atoms with Gasteiger partial charge in [0.1, 0.15) is 0 Å². The number of benzene rings is 1. The lowest BCUT2D eigenvalue weighted by Crippen LogP contribution is -2.17. The topological polar surface area (TPSA) is 78.8 Å². The normalized spacial score (nSPS) is 10.5. The van der Waals surface area contributed by atoms with E-state index in [9.17, 15) is 4.79 Å². The van der Waals surface area contributed by atoms with Crippen molar-refractivity contribution >= 4 is 5.97 Å². The van der Waals surface area contributed by atoms with Crippen molar-refractivity contribution < 1.29 is 19.7 Å². The molecule has 0 aliphatic carbocycles. The monoisotopic (exact) mass is 253 g/mol. The van der Waals surface area contributed by atoms with Gasteiger partial charge in [0.15, 0.2) is 0 Å². The predicted molar refractivity (Wildman–Crippen MR) is 67.6 cm³/mol. The van der Waals surface area contributed by atoms with Crippen molar-refractivity contribution in [1.29, 1.82) is 0 Å². The van der Waals surface area contributed by atoms with Gasteiger partial charge in [-0.15, -0.1) is 0 Å². The van der Waals surface area contributed by atoms with Crippen LogP contribution in [0.5, 0.6) is 0 Å². The molecule has 0 aliphatic rings. The predicted octanol–water partition coefficient (Wildman–Crippen LogP) is 0.873. The summed E-state index contributed by atoms with van der Waals surface area (Å²) in [5.41, 5.74) is 1.26. The minimum Gasteiger partial charge on any atom is -0.478 e. The highest BCUT2D eigenvalue weighted by atomic mass is 16.5. The molecule has 0 bridgehead atoms. The fourth-order valence-electron chi connectivity index (χ4n) is 1.51. The molecule has 0 spiro atoms. The second-order valence-corrected chi connectivity index (χ2v) is 3.87. The largest absolute Gasteiger partial charge is 0.478 e. The molecule has 0 atom stereocenters. The van der Waals surface area contributed by atoms with Gasteiger partial charge in [0.05, 0.1) is 18.8 Å². The van der Waals surface area contributed by atoms with E-state index in [1.54, 1.807) is 18.2 Å². The molecule has 0 saturated carbocycles. The van der Waals surface area contributed by atoms with E-state index in [4.69, 9.17) is 14.9 Å². The molecule has 1 aromatic rings. The summed E-state index contributed by atoms with van der Waals surface area (Å²) in [4.78, 5) is 10.8. The lowest BCUT2D eigenvalue weighted by Gasteiger charge is -2.06. The summed E-state index contributed by atoms with van der Waals surface area (Å²) in [7, 11) is 0. The molecule has 0 radical (unpaired) electrons. The molecule has 0 aromatic heterocycles. The van der Waals surface area contributed by atoms with Gasteiger partial charge in [-0.05, 0) is 30.7 Å². The van der Waals surface area contributed by atoms with Crippen molar-refractivity contribution in [3.63, 3.8) is 0 Å². The smallest absolute Gasteiger partial charge is 0.335 e. The fourth-order valence-corrected chi connectivity index (χ4v) is 1.51. The summed E-state index contributed by atoms with van der Waals surface area (Å²) < 4.78 is 5.12. The first-order valence-electron chi connectivity index (χ1n) is 5.95. The Morgan fingerprint density at radius 2 is 2.17 bits per heavy atom. The third kappa shape index (κ3) is 5.77. The van der Waals surface area contributed by atoms with Gasteiger partial charge >= 0.3 is 5.97 Å². The number of hydrogen-bond acceptors (Lipinski definition) is 4. The average Bonchev–Trinajstić information content (AvgIpc) is 2.38. The molecular formula is C13H19NO4. The highest BCUT2D eigenvalue weighted by molar-refractivity contribution is 5.87. The summed E-state index contributed by atoms with van der Waals surface area (Å²) in [6.07, 6.45) is 0.860. The summed E-state index contributed by atoms with van der Waals surface area (Å²) in [6, 6.07) is 6.87. The summed E-state index contributed by atoms with van der Waals surface area (Å²) in [5.74, 6) is -0.908. The van der Waals surface area contributed by atoms with Crippen LogP contribution >= 0.6 is 0 Å². The van der Waals surface area contributed by atoms with E-state index in [1.807, 2.05) is 6.07 Å². The van der Waals surface area contributed by atoms with Crippen LogP contribution in [0.1, 0.15) is 22.3 Å². The van der Waals surface area contributed by atoms with E-state index in [0.29, 0.717) is 25.3 Å². The highest BCUT2D eigenvalue weighted by Gasteiger charge is 2.02. The molecule has 18 heavy (non-hydrogen) atoms. The van der Waals surface area contributed by atoms with Crippen molar-refractivity contribution in [2.75, 3.05) is 26.4 Å². The Labute approximate surface area is 106 Å². The lowest BCUT2D eigenvalue weighted by molar-refractivity contribution is 0.0696. The van der Waals surface area contributed by atoms with Gasteiger partial charge in [-0.1, -0.05) is 12.1 Å². The molecule has 3 N–H and O–H groups in total. The SMILES string of the molecule is O=C(O)c1cccc(CNCCCOCCO)c1. The highest BCUT2D eigenvalue weighted by Crippen LogP contribution is 2.04. The van der Waals surface area contributed by atoms with Gasteiger partial charge in [-0.25, -0.2) is 4.79 Å². The van der Waals surface area contributed by atoms with E-state index in [2.05, 4.69) is 5.32 Å². The molecule has 0 aliphatic heterocycles. The van der Waals surface area contributed by atoms with Crippen LogP contribution in [-0.4, -0.2) is 42.5 Å². The zero-order chi connectivity index (χ0) is 13.2. The molecule has 1 aromatic carbocycles. The van der Waals surface area contributed by atoms with Gasteiger partial charge in [-0.2, -0.15) is 0 Å². The number of aliphatic hydroxyl groups is 1. The number of rotatable bonds is 9. The zero-order valence-electron chi connectivity index (χ0n) is 10.3. The maximum absolute atomic E-state index is 10.8. The molecule has 0 fully saturated rings. The van der Waals surface area contributed by atoms with E-state index in [1.165, 1.54) is 0 Å². The molecule has 100 valence electrons. The maximum atomic E-state index is 10.8. The second kappa shape index (κ2) is 8.63. The fraction of sp³-hybridized carbons (Fsp3) is 0.462. The van der Waals surface area contributed by atoms with Crippen molar-refractivity contribution in [2.45, 2.75) is 13.0 Å². The van der Waals surface area contributed by atoms with Crippen LogP contribution in [-0.2, 0) is 11.3 Å². The number of carbonyl (C=O) groups is 1. The Hall–Kier alpha value is -1.43. The third-order valence-electron chi connectivity index (χ3n) is 2.38. The molecule has 0 amide bonds. The molecule has 5 nitrogen and oxygen atoms in total. The van der Waals surface area contributed by atoms with Crippen LogP contribution in [0, 0.1) is 0 Å². The molecule has 0 unspecified atom stereocenters. The molecule has 5 heteroatoms. The van der Waals surface area contributed by atoms with Crippen LogP contribution in [0.15, 0.2) is 24.3 Å². The minimum absolute atomic E-state index is 0.0510. The van der Waals surface area contributed by atoms with Crippen LogP contribution in [0.25, 0.3) is 0 Å². The van der Waals surface area contributed by atoms with Gasteiger partial charge < -0.3 is 20.3 Å². The van der Waals surface area contributed by atoms with Crippen LogP contribution in [0.3, 0.4) is 0 Å². The number of carboxylic acids is 1. The number of nitrogens with one attached hydrogen (secondary N) is 1. The van der Waals surface area contributed by atoms with Gasteiger partial charge in [-0.3, -0.25) is 0 Å². The maximum Gasteiger partial charge on any atom is 0.335 e. The number of ether oxygens (including phenoxy) is 1. The lowest BCUT2D eigenvalue weighted by atomic mass is 10.1. The standard InChI is InChI=1S/C13H19NO4/c15-6-8-18-7-2-5-14-10-11-3-1-4-12(9-11)13(16)17/h1,3-4,9,14-15H,2,5-8,10H2,(H,16,17). The Morgan fingerprint density at radius 3 is 2.89 bits per heavy atom. The van der Waals surface area contributed by atoms with E-state index >= 15 is 0 Å². The quantitative estimate of drug-likeness (QED) is 0.569. The Bertz CT molecular complexity index is 368. The number of carboxylic acid groups (broad SMARTS) is 1.